The Balaban J connectivity index is 0.00000264. The smallest absolute Gasteiger partial charge is 0.194 e. The second-order valence-electron chi connectivity index (χ2n) is 5.57. The highest BCUT2D eigenvalue weighted by molar-refractivity contribution is 14.0. The highest BCUT2D eigenvalue weighted by atomic mass is 127. The molecule has 0 bridgehead atoms. The molecule has 0 spiro atoms. The van der Waals surface area contributed by atoms with E-state index < -0.39 is 0 Å². The molecular formula is C17H25IN4O. The number of hydrogen-bond acceptors (Lipinski definition) is 3. The fourth-order valence-electron chi connectivity index (χ4n) is 2.35. The second kappa shape index (κ2) is 8.90. The summed E-state index contributed by atoms with van der Waals surface area (Å²) in [5.41, 5.74) is 10.1. The molecule has 23 heavy (non-hydrogen) atoms. The Hall–Kier alpha value is -1.57. The third-order valence-corrected chi connectivity index (χ3v) is 3.29. The molecule has 0 aliphatic carbocycles. The Bertz CT molecular complexity index is 659. The Kier molecular flexibility index (Phi) is 7.54. The summed E-state index contributed by atoms with van der Waals surface area (Å²) >= 11 is 0. The zero-order valence-electron chi connectivity index (χ0n) is 14.1. The molecule has 0 aliphatic heterocycles. The van der Waals surface area contributed by atoms with Crippen LogP contribution in [0.25, 0.3) is 0 Å². The molecule has 0 fully saturated rings. The van der Waals surface area contributed by atoms with Crippen molar-refractivity contribution in [3.63, 3.8) is 0 Å². The minimum atomic E-state index is 0. The van der Waals surface area contributed by atoms with Crippen molar-refractivity contribution in [3.8, 4) is 0 Å². The number of aromatic nitrogens is 1. The van der Waals surface area contributed by atoms with Crippen molar-refractivity contribution in [2.24, 2.45) is 10.7 Å². The van der Waals surface area contributed by atoms with Crippen molar-refractivity contribution in [3.05, 3.63) is 46.7 Å². The van der Waals surface area contributed by atoms with E-state index in [0.717, 1.165) is 35.9 Å². The van der Waals surface area contributed by atoms with Crippen molar-refractivity contribution in [1.29, 1.82) is 0 Å². The van der Waals surface area contributed by atoms with Gasteiger partial charge in [0.05, 0.1) is 5.69 Å². The number of aryl methyl sites for hydroxylation is 4. The lowest BCUT2D eigenvalue weighted by molar-refractivity contribution is 0.453. The van der Waals surface area contributed by atoms with Crippen LogP contribution in [0, 0.1) is 20.8 Å². The number of nitrogens with two attached hydrogens (primary N) is 1. The molecule has 2 aromatic rings. The van der Waals surface area contributed by atoms with Crippen molar-refractivity contribution >= 4 is 35.6 Å². The molecule has 0 atom stereocenters. The summed E-state index contributed by atoms with van der Waals surface area (Å²) in [6.07, 6.45) is 1.86. The number of nitrogens with one attached hydrogen (secondary N) is 1. The molecule has 1 aromatic carbocycles. The first-order chi connectivity index (χ1) is 10.5. The van der Waals surface area contributed by atoms with Gasteiger partial charge in [0, 0.05) is 12.1 Å². The van der Waals surface area contributed by atoms with Gasteiger partial charge in [0.2, 0.25) is 0 Å². The van der Waals surface area contributed by atoms with Crippen LogP contribution < -0.4 is 11.1 Å². The monoisotopic (exact) mass is 428 g/mol. The Morgan fingerprint density at radius 1 is 1.22 bits per heavy atom. The number of hydrogen-bond donors (Lipinski definition) is 2. The molecule has 3 N–H and O–H groups in total. The molecule has 0 saturated heterocycles. The van der Waals surface area contributed by atoms with Gasteiger partial charge in [-0.15, -0.1) is 24.0 Å². The van der Waals surface area contributed by atoms with E-state index in [1.165, 1.54) is 11.1 Å². The quantitative estimate of drug-likeness (QED) is 0.427. The van der Waals surface area contributed by atoms with Crippen molar-refractivity contribution in [2.45, 2.75) is 47.1 Å². The molecule has 5 nitrogen and oxygen atoms in total. The van der Waals surface area contributed by atoms with Crippen LogP contribution in [0.15, 0.2) is 27.6 Å². The van der Waals surface area contributed by atoms with Gasteiger partial charge in [0.25, 0.3) is 0 Å². The summed E-state index contributed by atoms with van der Waals surface area (Å²) in [4.78, 5) is 8.72. The van der Waals surface area contributed by atoms with Crippen molar-refractivity contribution in [1.82, 2.24) is 4.98 Å². The minimum Gasteiger partial charge on any atom is -0.443 e. The first-order valence-electron chi connectivity index (χ1n) is 7.58. The van der Waals surface area contributed by atoms with Crippen LogP contribution in [0.1, 0.15) is 41.8 Å². The average Bonchev–Trinajstić information content (AvgIpc) is 2.76. The van der Waals surface area contributed by atoms with Crippen LogP contribution in [-0.4, -0.2) is 10.9 Å². The molecule has 0 unspecified atom stereocenters. The van der Waals surface area contributed by atoms with E-state index in [4.69, 9.17) is 10.2 Å². The summed E-state index contributed by atoms with van der Waals surface area (Å²) in [5.74, 6) is 1.91. The van der Waals surface area contributed by atoms with E-state index in [1.54, 1.807) is 0 Å². The summed E-state index contributed by atoms with van der Waals surface area (Å²) in [5, 5.41) is 3.11. The van der Waals surface area contributed by atoms with E-state index in [1.807, 2.05) is 19.1 Å². The first-order valence-corrected chi connectivity index (χ1v) is 7.58. The van der Waals surface area contributed by atoms with Crippen LogP contribution in [0.2, 0.25) is 0 Å². The van der Waals surface area contributed by atoms with Crippen molar-refractivity contribution < 1.29 is 4.42 Å². The van der Waals surface area contributed by atoms with Gasteiger partial charge in [0.15, 0.2) is 11.9 Å². The van der Waals surface area contributed by atoms with E-state index in [-0.39, 0.29) is 24.0 Å². The predicted octanol–water partition coefficient (Wildman–Crippen LogP) is 4.10. The molecule has 0 amide bonds. The topological polar surface area (TPSA) is 76.4 Å². The number of aliphatic imine (C=N–C) groups is 1. The number of nitrogens with zero attached hydrogens (tertiary/aromatic N) is 2. The van der Waals surface area contributed by atoms with Crippen molar-refractivity contribution in [2.75, 3.05) is 5.32 Å². The number of oxazole rings is 1. The maximum atomic E-state index is 5.95. The Morgan fingerprint density at radius 2 is 1.87 bits per heavy atom. The molecule has 0 aliphatic rings. The number of guanidine groups is 1. The summed E-state index contributed by atoms with van der Waals surface area (Å²) in [6, 6.07) is 6.19. The fraction of sp³-hybridized carbons (Fsp3) is 0.412. The fourth-order valence-corrected chi connectivity index (χ4v) is 2.35. The zero-order chi connectivity index (χ0) is 16.1. The Labute approximate surface area is 154 Å². The van der Waals surface area contributed by atoms with Crippen LogP contribution in [0.5, 0.6) is 0 Å². The van der Waals surface area contributed by atoms with Gasteiger partial charge in [-0.05, 0) is 50.5 Å². The van der Waals surface area contributed by atoms with Gasteiger partial charge in [-0.3, -0.25) is 0 Å². The number of anilines is 1. The van der Waals surface area contributed by atoms with Gasteiger partial charge in [0.1, 0.15) is 12.3 Å². The second-order valence-corrected chi connectivity index (χ2v) is 5.57. The van der Waals surface area contributed by atoms with E-state index in [2.05, 4.69) is 42.1 Å². The molecular weight excluding hydrogens is 403 g/mol. The largest absolute Gasteiger partial charge is 0.443 e. The maximum absolute atomic E-state index is 5.95. The number of halogens is 1. The third kappa shape index (κ3) is 5.85. The molecule has 2 rings (SSSR count). The lowest BCUT2D eigenvalue weighted by Gasteiger charge is -2.07. The van der Waals surface area contributed by atoms with E-state index in [0.29, 0.717) is 12.5 Å². The summed E-state index contributed by atoms with van der Waals surface area (Å²) < 4.78 is 5.69. The lowest BCUT2D eigenvalue weighted by atomic mass is 10.1. The highest BCUT2D eigenvalue weighted by Crippen LogP contribution is 2.15. The average molecular weight is 428 g/mol. The normalized spacial score (nSPS) is 11.2. The standard InChI is InChI=1S/C17H24N4O.HI/c1-5-6-16-20-13(4)15(22-16)10-19-17(18)21-14-8-11(2)7-12(3)9-14;/h7-9H,5-6,10H2,1-4H3,(H3,18,19,21);1H. The maximum Gasteiger partial charge on any atom is 0.194 e. The van der Waals surface area contributed by atoms with E-state index in [9.17, 15) is 0 Å². The molecule has 6 heteroatoms. The van der Waals surface area contributed by atoms with Gasteiger partial charge in [-0.25, -0.2) is 9.98 Å². The minimum absolute atomic E-state index is 0. The van der Waals surface area contributed by atoms with Gasteiger partial charge < -0.3 is 15.5 Å². The third-order valence-electron chi connectivity index (χ3n) is 3.29. The molecule has 0 saturated carbocycles. The highest BCUT2D eigenvalue weighted by Gasteiger charge is 2.08. The van der Waals surface area contributed by atoms with Crippen LogP contribution in [0.3, 0.4) is 0 Å². The molecule has 0 radical (unpaired) electrons. The van der Waals surface area contributed by atoms with Gasteiger partial charge >= 0.3 is 0 Å². The SMILES string of the molecule is CCCc1nc(C)c(CN=C(N)Nc2cc(C)cc(C)c2)o1.I. The molecule has 126 valence electrons. The molecule has 1 heterocycles. The number of rotatable bonds is 5. The lowest BCUT2D eigenvalue weighted by Crippen LogP contribution is -2.22. The summed E-state index contributed by atoms with van der Waals surface area (Å²) in [7, 11) is 0. The van der Waals surface area contributed by atoms with Crippen LogP contribution in [0.4, 0.5) is 5.69 Å². The first kappa shape index (κ1) is 19.5. The zero-order valence-corrected chi connectivity index (χ0v) is 16.5. The summed E-state index contributed by atoms with van der Waals surface area (Å²) in [6.45, 7) is 8.54. The van der Waals surface area contributed by atoms with Gasteiger partial charge in [-0.1, -0.05) is 13.0 Å². The number of benzene rings is 1. The van der Waals surface area contributed by atoms with Crippen LogP contribution in [-0.2, 0) is 13.0 Å². The predicted molar refractivity (Wildman–Crippen MR) is 106 cm³/mol. The molecule has 1 aromatic heterocycles. The van der Waals surface area contributed by atoms with E-state index >= 15 is 0 Å². The van der Waals surface area contributed by atoms with Gasteiger partial charge in [-0.2, -0.15) is 0 Å². The Morgan fingerprint density at radius 3 is 2.48 bits per heavy atom. The van der Waals surface area contributed by atoms with Crippen LogP contribution >= 0.6 is 24.0 Å².